The molecule has 0 aliphatic rings. The summed E-state index contributed by atoms with van der Waals surface area (Å²) in [6.45, 7) is 1.97. The normalized spacial score (nSPS) is 9.67. The van der Waals surface area contributed by atoms with Crippen molar-refractivity contribution < 1.29 is 14.6 Å². The molecule has 1 aromatic heterocycles. The smallest absolute Gasteiger partial charge is 0.325 e. The van der Waals surface area contributed by atoms with Gasteiger partial charge in [-0.3, -0.25) is 4.79 Å². The molecule has 7 heteroatoms. The van der Waals surface area contributed by atoms with E-state index in [1.54, 1.807) is 6.92 Å². The number of esters is 1. The molecule has 0 spiro atoms. The predicted octanol–water partition coefficient (Wildman–Crippen LogP) is -0.261. The number of nitrogens with zero attached hydrogens (tertiary/aromatic N) is 2. The summed E-state index contributed by atoms with van der Waals surface area (Å²) in [5.74, 6) is -0.622. The van der Waals surface area contributed by atoms with Crippen molar-refractivity contribution in [3.8, 4) is 5.88 Å². The molecular weight excluding hydrogens is 200 g/mol. The predicted molar refractivity (Wildman–Crippen MR) is 53.2 cm³/mol. The fourth-order valence-electron chi connectivity index (χ4n) is 0.831. The number of nitrogens with one attached hydrogen (secondary N) is 1. The molecule has 1 rings (SSSR count). The van der Waals surface area contributed by atoms with E-state index in [2.05, 4.69) is 20.0 Å². The first-order chi connectivity index (χ1) is 7.13. The van der Waals surface area contributed by atoms with Gasteiger partial charge < -0.3 is 20.9 Å². The molecule has 0 aliphatic heterocycles. The van der Waals surface area contributed by atoms with E-state index < -0.39 is 5.97 Å². The van der Waals surface area contributed by atoms with Gasteiger partial charge in [-0.1, -0.05) is 0 Å². The molecule has 0 saturated carbocycles. The highest BCUT2D eigenvalue weighted by molar-refractivity contribution is 5.74. The average Bonchev–Trinajstić information content (AvgIpc) is 2.20. The van der Waals surface area contributed by atoms with E-state index in [-0.39, 0.29) is 24.1 Å². The summed E-state index contributed by atoms with van der Waals surface area (Å²) in [5, 5.41) is 11.7. The van der Waals surface area contributed by atoms with Crippen molar-refractivity contribution in [3.05, 3.63) is 6.20 Å². The first kappa shape index (κ1) is 11.0. The molecule has 0 atom stereocenters. The third-order valence-electron chi connectivity index (χ3n) is 1.49. The Balaban J connectivity index is 2.51. The van der Waals surface area contributed by atoms with Crippen LogP contribution in [0.5, 0.6) is 5.88 Å². The first-order valence-electron chi connectivity index (χ1n) is 4.34. The number of carbonyl (C=O) groups excluding carboxylic acids is 1. The molecule has 15 heavy (non-hydrogen) atoms. The number of aromatic hydroxyl groups is 1. The fourth-order valence-corrected chi connectivity index (χ4v) is 0.831. The van der Waals surface area contributed by atoms with E-state index >= 15 is 0 Å². The van der Waals surface area contributed by atoms with E-state index in [9.17, 15) is 4.79 Å². The van der Waals surface area contributed by atoms with E-state index in [0.717, 1.165) is 0 Å². The molecule has 4 N–H and O–H groups in total. The average molecular weight is 212 g/mol. The molecule has 0 amide bonds. The Bertz CT molecular complexity index is 356. The Kier molecular flexibility index (Phi) is 3.67. The Morgan fingerprint density at radius 2 is 2.47 bits per heavy atom. The van der Waals surface area contributed by atoms with Crippen LogP contribution in [0.25, 0.3) is 0 Å². The maximum Gasteiger partial charge on any atom is 0.325 e. The summed E-state index contributed by atoms with van der Waals surface area (Å²) in [6.07, 6.45) is 1.25. The second-order valence-corrected chi connectivity index (χ2v) is 2.63. The Morgan fingerprint density at radius 3 is 3.07 bits per heavy atom. The Hall–Kier alpha value is -2.05. The lowest BCUT2D eigenvalue weighted by Gasteiger charge is -2.04. The van der Waals surface area contributed by atoms with E-state index in [1.165, 1.54) is 6.20 Å². The highest BCUT2D eigenvalue weighted by Crippen LogP contribution is 2.15. The van der Waals surface area contributed by atoms with Crippen molar-refractivity contribution >= 4 is 17.6 Å². The van der Waals surface area contributed by atoms with Gasteiger partial charge in [0.1, 0.15) is 12.2 Å². The van der Waals surface area contributed by atoms with Crippen LogP contribution in [0.15, 0.2) is 6.20 Å². The topological polar surface area (TPSA) is 110 Å². The highest BCUT2D eigenvalue weighted by atomic mass is 16.5. The molecule has 82 valence electrons. The zero-order valence-corrected chi connectivity index (χ0v) is 8.23. The maximum atomic E-state index is 10.9. The lowest BCUT2D eigenvalue weighted by molar-refractivity contribution is -0.140. The number of hydrogen-bond donors (Lipinski definition) is 3. The third kappa shape index (κ3) is 3.29. The molecular formula is C8H12N4O3. The first-order valence-corrected chi connectivity index (χ1v) is 4.34. The molecule has 0 radical (unpaired) electrons. The molecule has 0 unspecified atom stereocenters. The van der Waals surface area contributed by atoms with Gasteiger partial charge in [0.15, 0.2) is 0 Å². The van der Waals surface area contributed by atoms with E-state index in [0.29, 0.717) is 6.61 Å². The minimum absolute atomic E-state index is 0.0583. The van der Waals surface area contributed by atoms with E-state index in [1.807, 2.05) is 0 Å². The van der Waals surface area contributed by atoms with Gasteiger partial charge in [0.05, 0.1) is 12.8 Å². The molecule has 0 aliphatic carbocycles. The van der Waals surface area contributed by atoms with Crippen molar-refractivity contribution in [1.29, 1.82) is 0 Å². The minimum Gasteiger partial charge on any atom is -0.492 e. The number of rotatable bonds is 4. The van der Waals surface area contributed by atoms with Crippen LogP contribution in [0.3, 0.4) is 0 Å². The van der Waals surface area contributed by atoms with Crippen molar-refractivity contribution in [2.45, 2.75) is 6.92 Å². The molecule has 1 aromatic rings. The second-order valence-electron chi connectivity index (χ2n) is 2.63. The van der Waals surface area contributed by atoms with Crippen molar-refractivity contribution in [2.24, 2.45) is 0 Å². The number of nitrogens with two attached hydrogens (primary N) is 1. The van der Waals surface area contributed by atoms with Crippen LogP contribution < -0.4 is 11.1 Å². The SMILES string of the molecule is CCOC(=O)CNc1ncc(N)c(O)n1. The van der Waals surface area contributed by atoms with Crippen molar-refractivity contribution in [1.82, 2.24) is 9.97 Å². The lowest BCUT2D eigenvalue weighted by atomic mass is 10.5. The van der Waals surface area contributed by atoms with Gasteiger partial charge in [0, 0.05) is 0 Å². The Labute approximate surface area is 86.3 Å². The van der Waals surface area contributed by atoms with Crippen LogP contribution in [0.2, 0.25) is 0 Å². The number of ether oxygens (including phenoxy) is 1. The van der Waals surface area contributed by atoms with Crippen LogP contribution >= 0.6 is 0 Å². The van der Waals surface area contributed by atoms with Gasteiger partial charge >= 0.3 is 5.97 Å². The van der Waals surface area contributed by atoms with Crippen LogP contribution in [-0.2, 0) is 9.53 Å². The third-order valence-corrected chi connectivity index (χ3v) is 1.49. The highest BCUT2D eigenvalue weighted by Gasteiger charge is 2.05. The largest absolute Gasteiger partial charge is 0.492 e. The van der Waals surface area contributed by atoms with Gasteiger partial charge in [-0.15, -0.1) is 0 Å². The van der Waals surface area contributed by atoms with Gasteiger partial charge in [0.2, 0.25) is 11.8 Å². The molecule has 0 fully saturated rings. The molecule has 0 bridgehead atoms. The zero-order valence-electron chi connectivity index (χ0n) is 8.23. The maximum absolute atomic E-state index is 10.9. The lowest BCUT2D eigenvalue weighted by Crippen LogP contribution is -2.18. The second kappa shape index (κ2) is 4.99. The number of aromatic nitrogens is 2. The zero-order chi connectivity index (χ0) is 11.3. The van der Waals surface area contributed by atoms with Crippen LogP contribution in [0.4, 0.5) is 11.6 Å². The molecule has 7 nitrogen and oxygen atoms in total. The quantitative estimate of drug-likeness (QED) is 0.589. The monoisotopic (exact) mass is 212 g/mol. The summed E-state index contributed by atoms with van der Waals surface area (Å²) in [5.41, 5.74) is 5.38. The summed E-state index contributed by atoms with van der Waals surface area (Å²) in [4.78, 5) is 18.3. The number of hydrogen-bond acceptors (Lipinski definition) is 7. The molecule has 0 saturated heterocycles. The van der Waals surface area contributed by atoms with Gasteiger partial charge in [-0.2, -0.15) is 4.98 Å². The molecule has 0 aromatic carbocycles. The van der Waals surface area contributed by atoms with Crippen molar-refractivity contribution in [3.63, 3.8) is 0 Å². The van der Waals surface area contributed by atoms with Crippen LogP contribution in [0.1, 0.15) is 6.92 Å². The summed E-state index contributed by atoms with van der Waals surface area (Å²) in [7, 11) is 0. The van der Waals surface area contributed by atoms with Gasteiger partial charge in [0.25, 0.3) is 0 Å². The number of anilines is 2. The number of nitrogen functional groups attached to an aromatic ring is 1. The van der Waals surface area contributed by atoms with Crippen LogP contribution in [-0.4, -0.2) is 34.2 Å². The van der Waals surface area contributed by atoms with E-state index in [4.69, 9.17) is 10.8 Å². The summed E-state index contributed by atoms with van der Waals surface area (Å²) in [6, 6.07) is 0. The number of carbonyl (C=O) groups is 1. The summed E-state index contributed by atoms with van der Waals surface area (Å²) < 4.78 is 4.67. The van der Waals surface area contributed by atoms with Gasteiger partial charge in [-0.25, -0.2) is 4.98 Å². The standard InChI is InChI=1S/C8H12N4O3/c1-2-15-6(13)4-11-8-10-3-5(9)7(14)12-8/h3H,2,4,9H2,1H3,(H2,10,11,12,14). The van der Waals surface area contributed by atoms with Crippen molar-refractivity contribution in [2.75, 3.05) is 24.2 Å². The minimum atomic E-state index is -0.419. The van der Waals surface area contributed by atoms with Gasteiger partial charge in [-0.05, 0) is 6.92 Å². The molecule has 1 heterocycles. The fraction of sp³-hybridized carbons (Fsp3) is 0.375. The van der Waals surface area contributed by atoms with Crippen LogP contribution in [0, 0.1) is 0 Å². The summed E-state index contributed by atoms with van der Waals surface area (Å²) >= 11 is 0. The Morgan fingerprint density at radius 1 is 1.73 bits per heavy atom.